The average Bonchev–Trinajstić information content (AvgIpc) is 3.45. The van der Waals surface area contributed by atoms with E-state index in [-0.39, 0.29) is 0 Å². The first-order valence-corrected chi connectivity index (χ1v) is 18.8. The van der Waals surface area contributed by atoms with Gasteiger partial charge in [0.1, 0.15) is 0 Å². The molecule has 0 radical (unpaired) electrons. The summed E-state index contributed by atoms with van der Waals surface area (Å²) in [5.74, 6) is 2.51. The van der Waals surface area contributed by atoms with Gasteiger partial charge in [-0.3, -0.25) is 0 Å². The van der Waals surface area contributed by atoms with Crippen LogP contribution in [0.15, 0.2) is 54.5 Å². The Bertz CT molecular complexity index is 843. The number of thioether (sulfide) groups is 12. The fraction of sp³-hybridized carbons (Fsp3) is 0.250. The van der Waals surface area contributed by atoms with Gasteiger partial charge in [0.2, 0.25) is 0 Å². The molecule has 0 aromatic carbocycles. The second kappa shape index (κ2) is 10.3. The van der Waals surface area contributed by atoms with Crippen molar-refractivity contribution in [3.05, 3.63) is 54.5 Å². The van der Waals surface area contributed by atoms with Gasteiger partial charge in [0, 0.05) is 11.5 Å². The molecular formula is C16H12S12. The van der Waals surface area contributed by atoms with E-state index < -0.39 is 0 Å². The van der Waals surface area contributed by atoms with Gasteiger partial charge in [0.15, 0.2) is 0 Å². The summed E-state index contributed by atoms with van der Waals surface area (Å²) in [4.78, 5) is 0. The largest absolute Gasteiger partial charge is 0.121 e. The molecule has 28 heavy (non-hydrogen) atoms. The highest BCUT2D eigenvalue weighted by molar-refractivity contribution is 8.50. The Labute approximate surface area is 217 Å². The normalized spacial score (nSPS) is 24.8. The molecule has 0 nitrogen and oxygen atoms in total. The molecule has 0 atom stereocenters. The maximum absolute atomic E-state index is 2.31. The van der Waals surface area contributed by atoms with Crippen LogP contribution >= 0.6 is 141 Å². The minimum absolute atomic E-state index is 1.26. The maximum atomic E-state index is 2.31. The van der Waals surface area contributed by atoms with Crippen LogP contribution in [-0.4, -0.2) is 24.0 Å². The first-order valence-electron chi connectivity index (χ1n) is 7.89. The van der Waals surface area contributed by atoms with Gasteiger partial charge in [-0.15, -0.1) is 47.0 Å². The highest BCUT2D eigenvalue weighted by Crippen LogP contribution is 2.71. The van der Waals surface area contributed by atoms with Crippen molar-refractivity contribution in [2.24, 2.45) is 0 Å². The summed E-state index contributed by atoms with van der Waals surface area (Å²) in [7, 11) is 0. The zero-order chi connectivity index (χ0) is 19.1. The van der Waals surface area contributed by atoms with Crippen molar-refractivity contribution in [1.82, 2.24) is 0 Å². The van der Waals surface area contributed by atoms with Gasteiger partial charge in [-0.25, -0.2) is 0 Å². The average molecular weight is 589 g/mol. The van der Waals surface area contributed by atoms with Crippen LogP contribution in [0.25, 0.3) is 0 Å². The quantitative estimate of drug-likeness (QED) is 0.308. The highest BCUT2D eigenvalue weighted by atomic mass is 32.3. The molecule has 5 heterocycles. The van der Waals surface area contributed by atoms with Crippen LogP contribution in [0.4, 0.5) is 0 Å². The predicted molar refractivity (Wildman–Crippen MR) is 157 cm³/mol. The van der Waals surface area contributed by atoms with Crippen molar-refractivity contribution in [3.63, 3.8) is 0 Å². The molecule has 5 aliphatic rings. The Morgan fingerprint density at radius 2 is 0.929 bits per heavy atom. The molecule has 12 heteroatoms. The molecule has 0 amide bonds. The van der Waals surface area contributed by atoms with E-state index in [1.165, 1.54) is 45.4 Å². The topological polar surface area (TPSA) is 0 Å². The van der Waals surface area contributed by atoms with E-state index in [0.29, 0.717) is 0 Å². The van der Waals surface area contributed by atoms with Gasteiger partial charge in [0.25, 0.3) is 0 Å². The van der Waals surface area contributed by atoms with Crippen LogP contribution in [0.2, 0.25) is 0 Å². The first kappa shape index (κ1) is 22.4. The van der Waals surface area contributed by atoms with Crippen LogP contribution in [-0.2, 0) is 0 Å². The standard InChI is InChI=1S/C16H12S12/c1-17-9-10(18-2)22-7(21-9)3-4-8-23-13-14(24-8)28-16(27-13)15-25-11-12(26-15)20-6-5-19-11/h3-4H,5-6H2,1-2H3. The second-order valence-electron chi connectivity index (χ2n) is 5.19. The Morgan fingerprint density at radius 3 is 1.39 bits per heavy atom. The zero-order valence-electron chi connectivity index (χ0n) is 14.5. The SMILES string of the molecule is CSC1=C(SC)SC(=CC=C2SC3=C(S2)SC(=C2SC4=C(SCCS4)S2)S3)S1. The maximum Gasteiger partial charge on any atom is 0.0718 e. The summed E-state index contributed by atoms with van der Waals surface area (Å²) in [5.41, 5.74) is 0. The van der Waals surface area contributed by atoms with E-state index in [1.54, 1.807) is 8.47 Å². The minimum Gasteiger partial charge on any atom is -0.121 e. The Balaban J connectivity index is 1.20. The molecule has 5 rings (SSSR count). The summed E-state index contributed by atoms with van der Waals surface area (Å²) in [5, 5.41) is 0. The molecule has 0 N–H and O–H groups in total. The molecule has 0 saturated carbocycles. The lowest BCUT2D eigenvalue weighted by Gasteiger charge is -2.08. The van der Waals surface area contributed by atoms with E-state index in [4.69, 9.17) is 0 Å². The first-order chi connectivity index (χ1) is 13.7. The molecule has 0 bridgehead atoms. The number of rotatable bonds is 3. The van der Waals surface area contributed by atoms with Crippen LogP contribution in [0.3, 0.4) is 0 Å². The smallest absolute Gasteiger partial charge is 0.0718 e. The van der Waals surface area contributed by atoms with Crippen LogP contribution in [0, 0.1) is 0 Å². The molecule has 0 fully saturated rings. The molecule has 0 aromatic heterocycles. The van der Waals surface area contributed by atoms with E-state index >= 15 is 0 Å². The molecule has 0 aliphatic carbocycles. The second-order valence-corrected chi connectivity index (χ2v) is 19.9. The van der Waals surface area contributed by atoms with E-state index in [1.807, 2.05) is 141 Å². The fourth-order valence-corrected chi connectivity index (χ4v) is 19.5. The minimum atomic E-state index is 1.26. The van der Waals surface area contributed by atoms with Gasteiger partial charge < -0.3 is 0 Å². The van der Waals surface area contributed by atoms with Gasteiger partial charge >= 0.3 is 0 Å². The van der Waals surface area contributed by atoms with Crippen molar-refractivity contribution < 1.29 is 0 Å². The lowest BCUT2D eigenvalue weighted by Crippen LogP contribution is -1.88. The van der Waals surface area contributed by atoms with E-state index in [0.717, 1.165) is 0 Å². The third-order valence-corrected chi connectivity index (χ3v) is 20.4. The van der Waals surface area contributed by atoms with Gasteiger partial charge in [-0.2, -0.15) is 0 Å². The van der Waals surface area contributed by atoms with Crippen molar-refractivity contribution in [2.75, 3.05) is 24.0 Å². The Kier molecular flexibility index (Phi) is 8.23. The zero-order valence-corrected chi connectivity index (χ0v) is 24.3. The molecular weight excluding hydrogens is 577 g/mol. The van der Waals surface area contributed by atoms with Crippen molar-refractivity contribution >= 4 is 141 Å². The summed E-state index contributed by atoms with van der Waals surface area (Å²) in [6.45, 7) is 0. The summed E-state index contributed by atoms with van der Waals surface area (Å²) < 4.78 is 14.7. The summed E-state index contributed by atoms with van der Waals surface area (Å²) in [6.07, 6.45) is 8.95. The predicted octanol–water partition coefficient (Wildman–Crippen LogP) is 10.3. The van der Waals surface area contributed by atoms with E-state index in [9.17, 15) is 0 Å². The van der Waals surface area contributed by atoms with Gasteiger partial charge in [-0.1, -0.05) is 94.1 Å². The summed E-state index contributed by atoms with van der Waals surface area (Å²) >= 11 is 23.5. The molecule has 0 unspecified atom stereocenters. The van der Waals surface area contributed by atoms with Crippen molar-refractivity contribution in [3.8, 4) is 0 Å². The van der Waals surface area contributed by atoms with Crippen LogP contribution in [0.1, 0.15) is 0 Å². The molecule has 5 aliphatic heterocycles. The van der Waals surface area contributed by atoms with E-state index in [2.05, 4.69) is 24.7 Å². The van der Waals surface area contributed by atoms with Crippen molar-refractivity contribution in [1.29, 1.82) is 0 Å². The molecule has 148 valence electrons. The Hall–Kier alpha value is 2.64. The lowest BCUT2D eigenvalue weighted by molar-refractivity contribution is 1.56. The third-order valence-electron chi connectivity index (χ3n) is 3.46. The van der Waals surface area contributed by atoms with Crippen molar-refractivity contribution in [2.45, 2.75) is 0 Å². The number of allylic oxidation sites excluding steroid dienone is 2. The number of hydrogen-bond donors (Lipinski definition) is 0. The van der Waals surface area contributed by atoms with Gasteiger partial charge in [-0.05, 0) is 24.7 Å². The van der Waals surface area contributed by atoms with Crippen LogP contribution < -0.4 is 0 Å². The fourth-order valence-electron chi connectivity index (χ4n) is 2.29. The molecule has 0 aromatic rings. The molecule has 0 saturated heterocycles. The third kappa shape index (κ3) is 4.93. The highest BCUT2D eigenvalue weighted by Gasteiger charge is 2.35. The Morgan fingerprint density at radius 1 is 0.536 bits per heavy atom. The lowest BCUT2D eigenvalue weighted by atomic mass is 10.6. The summed E-state index contributed by atoms with van der Waals surface area (Å²) in [6, 6.07) is 0. The monoisotopic (exact) mass is 588 g/mol. The van der Waals surface area contributed by atoms with Crippen LogP contribution in [0.5, 0.6) is 0 Å². The molecule has 0 spiro atoms. The number of hydrogen-bond acceptors (Lipinski definition) is 12. The van der Waals surface area contributed by atoms with Gasteiger partial charge in [0.05, 0.1) is 42.4 Å².